The first kappa shape index (κ1) is 13.5. The van der Waals surface area contributed by atoms with E-state index in [0.29, 0.717) is 5.41 Å². The largest absolute Gasteiger partial charge is 0.371 e. The molecule has 1 aliphatic carbocycles. The van der Waals surface area contributed by atoms with Gasteiger partial charge in [0.2, 0.25) is 0 Å². The van der Waals surface area contributed by atoms with E-state index >= 15 is 0 Å². The van der Waals surface area contributed by atoms with Gasteiger partial charge in [-0.05, 0) is 49.1 Å². The van der Waals surface area contributed by atoms with Crippen LogP contribution in [-0.2, 0) is 6.42 Å². The third kappa shape index (κ3) is 2.84. The number of alkyl halides is 1. The Balaban J connectivity index is 1.84. The van der Waals surface area contributed by atoms with Crippen LogP contribution >= 0.6 is 15.9 Å². The summed E-state index contributed by atoms with van der Waals surface area (Å²) in [6.07, 6.45) is 9.58. The van der Waals surface area contributed by atoms with Gasteiger partial charge in [0.1, 0.15) is 0 Å². The molecule has 0 N–H and O–H groups in total. The molecule has 0 radical (unpaired) electrons. The van der Waals surface area contributed by atoms with Crippen LogP contribution in [0.25, 0.3) is 0 Å². The zero-order valence-corrected chi connectivity index (χ0v) is 13.3. The highest BCUT2D eigenvalue weighted by molar-refractivity contribution is 9.09. The molecule has 0 spiro atoms. The van der Waals surface area contributed by atoms with Crippen LogP contribution in [0, 0.1) is 5.41 Å². The zero-order chi connectivity index (χ0) is 13.1. The Labute approximate surface area is 125 Å². The fourth-order valence-corrected chi connectivity index (χ4v) is 4.54. The van der Waals surface area contributed by atoms with Crippen molar-refractivity contribution in [1.82, 2.24) is 0 Å². The number of aryl methyl sites for hydroxylation is 1. The number of para-hydroxylation sites is 1. The highest BCUT2D eigenvalue weighted by atomic mass is 79.9. The second kappa shape index (κ2) is 5.87. The summed E-state index contributed by atoms with van der Waals surface area (Å²) in [6, 6.07) is 9.05. The van der Waals surface area contributed by atoms with Gasteiger partial charge in [0.25, 0.3) is 0 Å². The quantitative estimate of drug-likeness (QED) is 0.724. The van der Waals surface area contributed by atoms with E-state index in [2.05, 4.69) is 45.1 Å². The van der Waals surface area contributed by atoms with Gasteiger partial charge in [-0.15, -0.1) is 0 Å². The summed E-state index contributed by atoms with van der Waals surface area (Å²) in [7, 11) is 0. The number of anilines is 1. The lowest BCUT2D eigenvalue weighted by molar-refractivity contribution is 0.349. The Morgan fingerprint density at radius 1 is 1.05 bits per heavy atom. The van der Waals surface area contributed by atoms with Gasteiger partial charge in [-0.1, -0.05) is 47.0 Å². The first-order chi connectivity index (χ1) is 9.33. The molecular weight excluding hydrogens is 298 g/mol. The molecule has 3 rings (SSSR count). The van der Waals surface area contributed by atoms with E-state index in [1.807, 2.05) is 0 Å². The molecule has 104 valence electrons. The van der Waals surface area contributed by atoms with E-state index in [0.717, 1.165) is 0 Å². The van der Waals surface area contributed by atoms with Crippen LogP contribution in [0.2, 0.25) is 0 Å². The van der Waals surface area contributed by atoms with Gasteiger partial charge >= 0.3 is 0 Å². The van der Waals surface area contributed by atoms with Crippen LogP contribution in [0.1, 0.15) is 44.1 Å². The SMILES string of the molecule is BrCC1(CN2CCCCc3ccccc32)CCCC1. The van der Waals surface area contributed by atoms with Crippen molar-refractivity contribution >= 4 is 21.6 Å². The van der Waals surface area contributed by atoms with Gasteiger partial charge in [-0.2, -0.15) is 0 Å². The average Bonchev–Trinajstić information content (AvgIpc) is 2.83. The minimum atomic E-state index is 0.525. The molecule has 0 amide bonds. The molecule has 0 bridgehead atoms. The number of fused-ring (bicyclic) bond motifs is 1. The number of halogens is 1. The highest BCUT2D eigenvalue weighted by Gasteiger charge is 2.35. The second-order valence-electron chi connectivity index (χ2n) is 6.35. The van der Waals surface area contributed by atoms with Crippen molar-refractivity contribution in [2.45, 2.75) is 44.9 Å². The molecule has 1 heterocycles. The second-order valence-corrected chi connectivity index (χ2v) is 6.91. The van der Waals surface area contributed by atoms with Crippen LogP contribution in [0.4, 0.5) is 5.69 Å². The van der Waals surface area contributed by atoms with E-state index < -0.39 is 0 Å². The van der Waals surface area contributed by atoms with Crippen LogP contribution in [0.3, 0.4) is 0 Å². The standard InChI is InChI=1S/C17H24BrN/c18-13-17(10-4-5-11-17)14-19-12-6-3-8-15-7-1-2-9-16(15)19/h1-2,7,9H,3-6,8,10-14H2. The van der Waals surface area contributed by atoms with Crippen LogP contribution < -0.4 is 4.90 Å². The fourth-order valence-electron chi connectivity index (χ4n) is 3.80. The zero-order valence-electron chi connectivity index (χ0n) is 11.7. The first-order valence-corrected chi connectivity index (χ1v) is 8.84. The molecule has 1 aliphatic heterocycles. The molecular formula is C17H24BrN. The van der Waals surface area contributed by atoms with Crippen LogP contribution in [0.5, 0.6) is 0 Å². The molecule has 2 heteroatoms. The number of hydrogen-bond acceptors (Lipinski definition) is 1. The molecule has 0 aromatic heterocycles. The molecule has 1 nitrogen and oxygen atoms in total. The normalized spacial score (nSPS) is 22.1. The van der Waals surface area contributed by atoms with Crippen molar-refractivity contribution in [2.24, 2.45) is 5.41 Å². The first-order valence-electron chi connectivity index (χ1n) is 7.72. The van der Waals surface area contributed by atoms with Gasteiger partial charge < -0.3 is 4.90 Å². The Morgan fingerprint density at radius 2 is 1.84 bits per heavy atom. The van der Waals surface area contributed by atoms with E-state index in [4.69, 9.17) is 0 Å². The topological polar surface area (TPSA) is 3.24 Å². The maximum atomic E-state index is 3.79. The Bertz CT molecular complexity index is 423. The summed E-state index contributed by atoms with van der Waals surface area (Å²) >= 11 is 3.79. The van der Waals surface area contributed by atoms with Gasteiger partial charge in [0.05, 0.1) is 0 Å². The number of benzene rings is 1. The average molecular weight is 322 g/mol. The number of rotatable bonds is 3. The monoisotopic (exact) mass is 321 g/mol. The predicted molar refractivity (Wildman–Crippen MR) is 86.3 cm³/mol. The Kier molecular flexibility index (Phi) is 4.16. The van der Waals surface area contributed by atoms with Gasteiger partial charge in [-0.25, -0.2) is 0 Å². The Hall–Kier alpha value is -0.500. The lowest BCUT2D eigenvalue weighted by Gasteiger charge is -2.35. The summed E-state index contributed by atoms with van der Waals surface area (Å²) < 4.78 is 0. The summed E-state index contributed by atoms with van der Waals surface area (Å²) in [4.78, 5) is 2.68. The minimum absolute atomic E-state index is 0.525. The summed E-state index contributed by atoms with van der Waals surface area (Å²) in [5.74, 6) is 0. The van der Waals surface area contributed by atoms with Gasteiger partial charge in [-0.3, -0.25) is 0 Å². The maximum absolute atomic E-state index is 3.79. The summed E-state index contributed by atoms with van der Waals surface area (Å²) in [5, 5.41) is 1.17. The third-order valence-electron chi connectivity index (χ3n) is 4.93. The predicted octanol–water partition coefficient (Wildman–Crippen LogP) is 4.78. The van der Waals surface area contributed by atoms with E-state index in [-0.39, 0.29) is 0 Å². The fraction of sp³-hybridized carbons (Fsp3) is 0.647. The highest BCUT2D eigenvalue weighted by Crippen LogP contribution is 2.41. The van der Waals surface area contributed by atoms with Crippen molar-refractivity contribution in [3.05, 3.63) is 29.8 Å². The lowest BCUT2D eigenvalue weighted by atomic mass is 9.88. The molecule has 19 heavy (non-hydrogen) atoms. The molecule has 0 saturated heterocycles. The number of hydrogen-bond donors (Lipinski definition) is 0. The van der Waals surface area contributed by atoms with Gasteiger partial charge in [0.15, 0.2) is 0 Å². The smallest absolute Gasteiger partial charge is 0.0398 e. The lowest BCUT2D eigenvalue weighted by Crippen LogP contribution is -2.38. The molecule has 1 fully saturated rings. The van der Waals surface area contributed by atoms with E-state index in [1.165, 1.54) is 69.1 Å². The maximum Gasteiger partial charge on any atom is 0.0398 e. The van der Waals surface area contributed by atoms with Crippen molar-refractivity contribution in [2.75, 3.05) is 23.3 Å². The van der Waals surface area contributed by atoms with Crippen molar-refractivity contribution in [3.63, 3.8) is 0 Å². The van der Waals surface area contributed by atoms with Crippen LogP contribution in [0.15, 0.2) is 24.3 Å². The van der Waals surface area contributed by atoms with Crippen LogP contribution in [-0.4, -0.2) is 18.4 Å². The summed E-state index contributed by atoms with van der Waals surface area (Å²) in [6.45, 7) is 2.49. The van der Waals surface area contributed by atoms with Gasteiger partial charge in [0, 0.05) is 24.1 Å². The molecule has 2 aliphatic rings. The van der Waals surface area contributed by atoms with Crippen molar-refractivity contribution in [1.29, 1.82) is 0 Å². The molecule has 1 aromatic rings. The molecule has 1 saturated carbocycles. The van der Waals surface area contributed by atoms with E-state index in [9.17, 15) is 0 Å². The Morgan fingerprint density at radius 3 is 2.63 bits per heavy atom. The molecule has 1 aromatic carbocycles. The number of nitrogens with zero attached hydrogens (tertiary/aromatic N) is 1. The van der Waals surface area contributed by atoms with E-state index in [1.54, 1.807) is 5.56 Å². The molecule has 0 atom stereocenters. The minimum Gasteiger partial charge on any atom is -0.371 e. The molecule has 0 unspecified atom stereocenters. The third-order valence-corrected chi connectivity index (χ3v) is 6.12. The van der Waals surface area contributed by atoms with Crippen molar-refractivity contribution < 1.29 is 0 Å². The summed E-state index contributed by atoms with van der Waals surface area (Å²) in [5.41, 5.74) is 3.59. The van der Waals surface area contributed by atoms with Crippen molar-refractivity contribution in [3.8, 4) is 0 Å².